The smallest absolute Gasteiger partial charge is 0.343 e. The summed E-state index contributed by atoms with van der Waals surface area (Å²) in [4.78, 5) is 24.8. The normalized spacial score (nSPS) is 10.7. The van der Waals surface area contributed by atoms with Crippen molar-refractivity contribution in [3.8, 4) is 17.2 Å². The molecule has 0 aliphatic carbocycles. The van der Waals surface area contributed by atoms with Gasteiger partial charge in [0.05, 0.1) is 25.0 Å². The first kappa shape index (κ1) is 24.8. The van der Waals surface area contributed by atoms with Gasteiger partial charge in [-0.05, 0) is 79.6 Å². The largest absolute Gasteiger partial charge is 0.494 e. The highest BCUT2D eigenvalue weighted by Crippen LogP contribution is 2.29. The van der Waals surface area contributed by atoms with E-state index in [0.717, 1.165) is 6.42 Å². The number of benzene rings is 3. The molecule has 3 rings (SSSR count). The number of hydrazone groups is 1. The van der Waals surface area contributed by atoms with Gasteiger partial charge in [0, 0.05) is 10.6 Å². The predicted molar refractivity (Wildman–Crippen MR) is 131 cm³/mol. The van der Waals surface area contributed by atoms with Crippen molar-refractivity contribution in [3.63, 3.8) is 0 Å². The van der Waals surface area contributed by atoms with Gasteiger partial charge in [-0.15, -0.1) is 0 Å². The number of amides is 1. The van der Waals surface area contributed by atoms with E-state index in [2.05, 4.69) is 10.5 Å². The van der Waals surface area contributed by atoms with Gasteiger partial charge in [0.15, 0.2) is 11.5 Å². The molecule has 0 fully saturated rings. The topological polar surface area (TPSA) is 86.2 Å². The van der Waals surface area contributed by atoms with E-state index in [-0.39, 0.29) is 11.7 Å². The number of rotatable bonds is 10. The fraction of sp³-hybridized carbons (Fsp3) is 0.192. The number of carbonyl (C=O) groups is 2. The second-order valence-electron chi connectivity index (χ2n) is 7.11. The first-order valence-corrected chi connectivity index (χ1v) is 11.2. The highest BCUT2D eigenvalue weighted by molar-refractivity contribution is 6.30. The Balaban J connectivity index is 1.66. The van der Waals surface area contributed by atoms with Crippen LogP contribution in [0, 0.1) is 0 Å². The zero-order valence-corrected chi connectivity index (χ0v) is 19.7. The Hall–Kier alpha value is -3.84. The summed E-state index contributed by atoms with van der Waals surface area (Å²) in [6.45, 7) is 4.84. The number of nitrogens with one attached hydrogen (secondary N) is 1. The third kappa shape index (κ3) is 7.08. The molecule has 1 amide bonds. The van der Waals surface area contributed by atoms with Crippen LogP contribution >= 0.6 is 11.6 Å². The first-order valence-electron chi connectivity index (χ1n) is 10.8. The molecule has 3 aromatic rings. The van der Waals surface area contributed by atoms with Crippen molar-refractivity contribution in [2.45, 2.75) is 20.3 Å². The van der Waals surface area contributed by atoms with E-state index in [4.69, 9.17) is 25.8 Å². The Kier molecular flexibility index (Phi) is 9.05. The van der Waals surface area contributed by atoms with Crippen molar-refractivity contribution >= 4 is 29.7 Å². The van der Waals surface area contributed by atoms with Crippen LogP contribution in [0.5, 0.6) is 17.2 Å². The highest BCUT2D eigenvalue weighted by Gasteiger charge is 2.13. The van der Waals surface area contributed by atoms with Gasteiger partial charge in [0.1, 0.15) is 5.75 Å². The van der Waals surface area contributed by atoms with E-state index in [1.807, 2.05) is 13.8 Å². The van der Waals surface area contributed by atoms with Gasteiger partial charge in [-0.25, -0.2) is 10.2 Å². The number of halogens is 1. The zero-order chi connectivity index (χ0) is 24.3. The van der Waals surface area contributed by atoms with Gasteiger partial charge in [0.2, 0.25) is 0 Å². The summed E-state index contributed by atoms with van der Waals surface area (Å²) in [5.41, 5.74) is 3.88. The summed E-state index contributed by atoms with van der Waals surface area (Å²) in [6.07, 6.45) is 2.37. The number of esters is 1. The fourth-order valence-corrected chi connectivity index (χ4v) is 3.07. The Morgan fingerprint density at radius 2 is 1.74 bits per heavy atom. The highest BCUT2D eigenvalue weighted by atomic mass is 35.5. The summed E-state index contributed by atoms with van der Waals surface area (Å²) in [6, 6.07) is 18.3. The summed E-state index contributed by atoms with van der Waals surface area (Å²) in [5, 5.41) is 4.44. The van der Waals surface area contributed by atoms with Crippen LogP contribution in [0.3, 0.4) is 0 Å². The Morgan fingerprint density at radius 3 is 2.44 bits per heavy atom. The molecule has 0 spiro atoms. The van der Waals surface area contributed by atoms with Gasteiger partial charge in [0.25, 0.3) is 5.91 Å². The van der Waals surface area contributed by atoms with Crippen molar-refractivity contribution in [1.82, 2.24) is 5.43 Å². The van der Waals surface area contributed by atoms with Gasteiger partial charge < -0.3 is 14.2 Å². The minimum Gasteiger partial charge on any atom is -0.494 e. The Bertz CT molecular complexity index is 1160. The van der Waals surface area contributed by atoms with Crippen LogP contribution in [0.2, 0.25) is 5.02 Å². The van der Waals surface area contributed by atoms with Crippen molar-refractivity contribution < 1.29 is 23.8 Å². The van der Waals surface area contributed by atoms with Crippen molar-refractivity contribution in [2.24, 2.45) is 5.10 Å². The molecule has 0 bridgehead atoms. The maximum absolute atomic E-state index is 12.6. The molecule has 3 aromatic carbocycles. The van der Waals surface area contributed by atoms with Crippen LogP contribution in [-0.4, -0.2) is 31.3 Å². The lowest BCUT2D eigenvalue weighted by Crippen LogP contribution is -2.17. The van der Waals surface area contributed by atoms with Crippen molar-refractivity contribution in [2.75, 3.05) is 13.2 Å². The van der Waals surface area contributed by atoms with Crippen molar-refractivity contribution in [3.05, 3.63) is 88.4 Å². The minimum atomic E-state index is -0.516. The molecule has 0 heterocycles. The molecule has 0 aliphatic heterocycles. The van der Waals surface area contributed by atoms with Crippen molar-refractivity contribution in [1.29, 1.82) is 0 Å². The first-order chi connectivity index (χ1) is 16.5. The van der Waals surface area contributed by atoms with Crippen LogP contribution in [0.25, 0.3) is 0 Å². The van der Waals surface area contributed by atoms with Gasteiger partial charge in [-0.2, -0.15) is 5.10 Å². The van der Waals surface area contributed by atoms with Gasteiger partial charge in [-0.3, -0.25) is 4.79 Å². The molecule has 7 nitrogen and oxygen atoms in total. The molecule has 0 aromatic heterocycles. The van der Waals surface area contributed by atoms with Crippen LogP contribution in [0.4, 0.5) is 0 Å². The molecule has 8 heteroatoms. The number of ether oxygens (including phenoxy) is 3. The molecule has 176 valence electrons. The number of hydrogen-bond donors (Lipinski definition) is 1. The molecule has 0 saturated carbocycles. The molecule has 0 aliphatic rings. The quantitative estimate of drug-likeness (QED) is 0.179. The van der Waals surface area contributed by atoms with Gasteiger partial charge in [-0.1, -0.05) is 24.6 Å². The van der Waals surface area contributed by atoms with Crippen LogP contribution in [0.1, 0.15) is 46.5 Å². The molecule has 0 radical (unpaired) electrons. The predicted octanol–water partition coefficient (Wildman–Crippen LogP) is 5.51. The van der Waals surface area contributed by atoms with E-state index in [1.54, 1.807) is 66.7 Å². The van der Waals surface area contributed by atoms with E-state index < -0.39 is 5.97 Å². The van der Waals surface area contributed by atoms with Gasteiger partial charge >= 0.3 is 5.97 Å². The molecular weight excluding hydrogens is 456 g/mol. The molecule has 0 atom stereocenters. The van der Waals surface area contributed by atoms with E-state index in [1.165, 1.54) is 6.21 Å². The van der Waals surface area contributed by atoms with Crippen LogP contribution in [-0.2, 0) is 0 Å². The summed E-state index contributed by atoms with van der Waals surface area (Å²) >= 11 is 5.91. The lowest BCUT2D eigenvalue weighted by molar-refractivity contribution is 0.0728. The molecule has 0 saturated heterocycles. The molecule has 34 heavy (non-hydrogen) atoms. The second-order valence-corrected chi connectivity index (χ2v) is 7.55. The van der Waals surface area contributed by atoms with Crippen LogP contribution < -0.4 is 19.6 Å². The standard InChI is InChI=1S/C26H25ClN2O5/c1-3-14-33-22-11-9-19(10-12-22)26(31)34-23-13-8-18(15-24(23)32-4-2)17-28-29-25(30)20-6-5-7-21(27)16-20/h5-13,15-17H,3-4,14H2,1-2H3,(H,29,30)/b28-17+. The SMILES string of the molecule is CCCOc1ccc(C(=O)Oc2ccc(/C=N/NC(=O)c3cccc(Cl)c3)cc2OCC)cc1. The number of carbonyl (C=O) groups excluding carboxylic acids is 2. The maximum Gasteiger partial charge on any atom is 0.343 e. The van der Waals surface area contributed by atoms with E-state index in [0.29, 0.717) is 46.4 Å². The third-order valence-corrected chi connectivity index (χ3v) is 4.73. The average Bonchev–Trinajstić information content (AvgIpc) is 2.84. The maximum atomic E-state index is 12.6. The van der Waals surface area contributed by atoms with Crippen LogP contribution in [0.15, 0.2) is 71.8 Å². The average molecular weight is 481 g/mol. The fourth-order valence-electron chi connectivity index (χ4n) is 2.88. The minimum absolute atomic E-state index is 0.276. The summed E-state index contributed by atoms with van der Waals surface area (Å²) in [5.74, 6) is 0.445. The number of nitrogens with zero attached hydrogens (tertiary/aromatic N) is 1. The Morgan fingerprint density at radius 1 is 0.941 bits per heavy atom. The molecule has 0 unspecified atom stereocenters. The zero-order valence-electron chi connectivity index (χ0n) is 18.9. The molecular formula is C26H25ClN2O5. The summed E-state index contributed by atoms with van der Waals surface area (Å²) in [7, 11) is 0. The second kappa shape index (κ2) is 12.4. The lowest BCUT2D eigenvalue weighted by Gasteiger charge is -2.12. The monoisotopic (exact) mass is 480 g/mol. The number of hydrogen-bond acceptors (Lipinski definition) is 6. The Labute approximate surface area is 203 Å². The molecule has 1 N–H and O–H groups in total. The third-order valence-electron chi connectivity index (χ3n) is 4.50. The summed E-state index contributed by atoms with van der Waals surface area (Å²) < 4.78 is 16.7. The van der Waals surface area contributed by atoms with E-state index >= 15 is 0 Å². The van der Waals surface area contributed by atoms with E-state index in [9.17, 15) is 9.59 Å². The lowest BCUT2D eigenvalue weighted by atomic mass is 10.2.